The monoisotopic (exact) mass is 467 g/mol. The van der Waals surface area contributed by atoms with Crippen molar-refractivity contribution in [3.63, 3.8) is 0 Å². The summed E-state index contributed by atoms with van der Waals surface area (Å²) in [6, 6.07) is 9.53. The molecule has 0 radical (unpaired) electrons. The molecule has 9 heteroatoms. The van der Waals surface area contributed by atoms with Crippen molar-refractivity contribution < 1.29 is 9.47 Å². The number of rotatable bonds is 8. The second-order valence-corrected chi connectivity index (χ2v) is 8.70. The number of pyridine rings is 2. The Kier molecular flexibility index (Phi) is 7.41. The molecule has 0 saturated carbocycles. The smallest absolute Gasteiger partial charge is 0.253 e. The number of nitrogens with one attached hydrogen (secondary N) is 2. The van der Waals surface area contributed by atoms with Crippen LogP contribution in [0.4, 0.5) is 0 Å². The molecule has 0 spiro atoms. The number of thiocarbonyl (C=S) groups is 1. The topological polar surface area (TPSA) is 82.7 Å². The Morgan fingerprint density at radius 1 is 1.18 bits per heavy atom. The first kappa shape index (κ1) is 23.0. The summed E-state index contributed by atoms with van der Waals surface area (Å²) < 4.78 is 11.3. The van der Waals surface area contributed by atoms with Crippen LogP contribution in [0.1, 0.15) is 17.5 Å². The molecule has 0 bridgehead atoms. The van der Waals surface area contributed by atoms with E-state index in [1.165, 1.54) is 0 Å². The van der Waals surface area contributed by atoms with E-state index in [1.807, 2.05) is 55.5 Å². The van der Waals surface area contributed by atoms with E-state index < -0.39 is 0 Å². The molecule has 0 saturated heterocycles. The van der Waals surface area contributed by atoms with Crippen molar-refractivity contribution in [1.82, 2.24) is 25.1 Å². The summed E-state index contributed by atoms with van der Waals surface area (Å²) in [7, 11) is 4.10. The fourth-order valence-electron chi connectivity index (χ4n) is 3.73. The van der Waals surface area contributed by atoms with Crippen LogP contribution in [-0.4, -0.2) is 65.3 Å². The highest BCUT2D eigenvalue weighted by Crippen LogP contribution is 2.33. The van der Waals surface area contributed by atoms with Crippen LogP contribution in [0.2, 0.25) is 0 Å². The molecule has 1 aliphatic heterocycles. The minimum Gasteiger partial charge on any atom is -0.486 e. The maximum Gasteiger partial charge on any atom is 0.253 e. The van der Waals surface area contributed by atoms with Crippen molar-refractivity contribution in [2.45, 2.75) is 19.5 Å². The van der Waals surface area contributed by atoms with Gasteiger partial charge in [-0.15, -0.1) is 0 Å². The van der Waals surface area contributed by atoms with Gasteiger partial charge in [-0.3, -0.25) is 9.78 Å². The van der Waals surface area contributed by atoms with Gasteiger partial charge in [-0.1, -0.05) is 6.07 Å². The summed E-state index contributed by atoms with van der Waals surface area (Å²) in [6.07, 6.45) is 4.53. The van der Waals surface area contributed by atoms with Gasteiger partial charge in [-0.05, 0) is 63.0 Å². The van der Waals surface area contributed by atoms with Crippen molar-refractivity contribution in [3.05, 3.63) is 64.2 Å². The Bertz CT molecular complexity index is 1170. The molecule has 1 aromatic carbocycles. The van der Waals surface area contributed by atoms with Crippen LogP contribution in [0.15, 0.2) is 47.5 Å². The van der Waals surface area contributed by atoms with Gasteiger partial charge in [0.1, 0.15) is 13.2 Å². The lowest BCUT2D eigenvalue weighted by Crippen LogP contribution is -2.40. The molecule has 3 heterocycles. The lowest BCUT2D eigenvalue weighted by Gasteiger charge is -2.26. The van der Waals surface area contributed by atoms with Gasteiger partial charge in [0.15, 0.2) is 16.6 Å². The van der Waals surface area contributed by atoms with E-state index in [0.717, 1.165) is 36.0 Å². The van der Waals surface area contributed by atoms with Crippen molar-refractivity contribution in [3.8, 4) is 11.5 Å². The summed E-state index contributed by atoms with van der Waals surface area (Å²) in [6.45, 7) is 3.67. The zero-order valence-corrected chi connectivity index (χ0v) is 19.8. The van der Waals surface area contributed by atoms with Gasteiger partial charge in [0.05, 0.1) is 12.1 Å². The highest BCUT2D eigenvalue weighted by Gasteiger charge is 2.17. The van der Waals surface area contributed by atoms with E-state index in [-0.39, 0.29) is 5.56 Å². The van der Waals surface area contributed by atoms with Crippen LogP contribution < -0.4 is 20.3 Å². The number of aromatic amines is 1. The average molecular weight is 468 g/mol. The Labute approximate surface area is 198 Å². The SMILES string of the molecule is CN(C)CCCNC(=S)N(Cc1cccnc1)Cc1cc2cc3c(cc2[nH]c1=O)OCCO3. The number of fused-ring (bicyclic) bond motifs is 2. The Hall–Kier alpha value is -3.17. The zero-order chi connectivity index (χ0) is 23.2. The molecule has 33 heavy (non-hydrogen) atoms. The van der Waals surface area contributed by atoms with Crippen LogP contribution >= 0.6 is 12.2 Å². The molecular formula is C24H29N5O3S. The van der Waals surface area contributed by atoms with Crippen LogP contribution in [0.5, 0.6) is 11.5 Å². The predicted octanol–water partition coefficient (Wildman–Crippen LogP) is 2.52. The second kappa shape index (κ2) is 10.6. The van der Waals surface area contributed by atoms with Crippen molar-refractivity contribution in [2.75, 3.05) is 40.4 Å². The summed E-state index contributed by atoms with van der Waals surface area (Å²) in [5.41, 5.74) is 2.22. The fraction of sp³-hybridized carbons (Fsp3) is 0.375. The Morgan fingerprint density at radius 3 is 2.70 bits per heavy atom. The van der Waals surface area contributed by atoms with E-state index >= 15 is 0 Å². The lowest BCUT2D eigenvalue weighted by atomic mass is 10.1. The molecule has 4 rings (SSSR count). The third kappa shape index (κ3) is 6.00. The number of ether oxygens (including phenoxy) is 2. The second-order valence-electron chi connectivity index (χ2n) is 8.31. The fourth-order valence-corrected chi connectivity index (χ4v) is 3.96. The Morgan fingerprint density at radius 2 is 1.97 bits per heavy atom. The number of hydrogen-bond acceptors (Lipinski definition) is 6. The minimum absolute atomic E-state index is 0.147. The molecule has 0 amide bonds. The predicted molar refractivity (Wildman–Crippen MR) is 133 cm³/mol. The summed E-state index contributed by atoms with van der Waals surface area (Å²) >= 11 is 5.70. The van der Waals surface area contributed by atoms with Crippen molar-refractivity contribution in [2.24, 2.45) is 0 Å². The van der Waals surface area contributed by atoms with Gasteiger partial charge in [-0.2, -0.15) is 0 Å². The van der Waals surface area contributed by atoms with Gasteiger partial charge in [0.25, 0.3) is 5.56 Å². The van der Waals surface area contributed by atoms with E-state index in [1.54, 1.807) is 6.20 Å². The standard InChI is InChI=1S/C24H29N5O3S/c1-28(2)8-4-7-26-24(33)29(15-17-5-3-6-25-14-17)16-19-11-18-12-21-22(32-10-9-31-21)13-20(18)27-23(19)30/h3,5-6,11-14H,4,7-10,15-16H2,1-2H3,(H,26,33)(H,27,30). The van der Waals surface area contributed by atoms with Crippen LogP contribution in [0.25, 0.3) is 10.9 Å². The molecule has 0 aliphatic carbocycles. The van der Waals surface area contributed by atoms with E-state index in [4.69, 9.17) is 21.7 Å². The molecule has 0 unspecified atom stereocenters. The van der Waals surface area contributed by atoms with Crippen molar-refractivity contribution >= 4 is 28.2 Å². The summed E-state index contributed by atoms with van der Waals surface area (Å²) in [5, 5.41) is 4.84. The molecule has 1 aliphatic rings. The first-order valence-electron chi connectivity index (χ1n) is 11.0. The first-order chi connectivity index (χ1) is 16.0. The summed E-state index contributed by atoms with van der Waals surface area (Å²) in [4.78, 5) is 24.2. The van der Waals surface area contributed by atoms with Gasteiger partial charge >= 0.3 is 0 Å². The van der Waals surface area contributed by atoms with Gasteiger partial charge in [-0.25, -0.2) is 0 Å². The number of H-pyrrole nitrogens is 1. The molecule has 0 atom stereocenters. The average Bonchev–Trinajstić information content (AvgIpc) is 2.81. The molecule has 0 fully saturated rings. The first-order valence-corrected chi connectivity index (χ1v) is 11.4. The Balaban J connectivity index is 1.56. The largest absolute Gasteiger partial charge is 0.486 e. The molecule has 2 N–H and O–H groups in total. The highest BCUT2D eigenvalue weighted by molar-refractivity contribution is 7.80. The third-order valence-corrected chi connectivity index (χ3v) is 5.79. The van der Waals surface area contributed by atoms with E-state index in [2.05, 4.69) is 20.2 Å². The maximum absolute atomic E-state index is 12.9. The molecule has 8 nitrogen and oxygen atoms in total. The normalized spacial score (nSPS) is 12.7. The molecular weight excluding hydrogens is 438 g/mol. The molecule has 3 aromatic rings. The summed E-state index contributed by atoms with van der Waals surface area (Å²) in [5.74, 6) is 1.34. The number of nitrogens with zero attached hydrogens (tertiary/aromatic N) is 3. The molecule has 2 aromatic heterocycles. The van der Waals surface area contributed by atoms with Gasteiger partial charge in [0, 0.05) is 42.5 Å². The minimum atomic E-state index is -0.147. The maximum atomic E-state index is 12.9. The third-order valence-electron chi connectivity index (χ3n) is 5.39. The van der Waals surface area contributed by atoms with Crippen LogP contribution in [0.3, 0.4) is 0 Å². The quantitative estimate of drug-likeness (QED) is 0.386. The number of aromatic nitrogens is 2. The van der Waals surface area contributed by atoms with E-state index in [0.29, 0.717) is 48.5 Å². The van der Waals surface area contributed by atoms with Crippen LogP contribution in [0, 0.1) is 0 Å². The number of benzene rings is 1. The zero-order valence-electron chi connectivity index (χ0n) is 19.0. The van der Waals surface area contributed by atoms with Gasteiger partial charge in [0.2, 0.25) is 0 Å². The lowest BCUT2D eigenvalue weighted by molar-refractivity contribution is 0.172. The van der Waals surface area contributed by atoms with Crippen LogP contribution in [-0.2, 0) is 13.1 Å². The van der Waals surface area contributed by atoms with Gasteiger partial charge < -0.3 is 29.6 Å². The van der Waals surface area contributed by atoms with E-state index in [9.17, 15) is 4.79 Å². The van der Waals surface area contributed by atoms with Crippen molar-refractivity contribution in [1.29, 1.82) is 0 Å². The number of hydrogen-bond donors (Lipinski definition) is 2. The molecule has 174 valence electrons. The highest BCUT2D eigenvalue weighted by atomic mass is 32.1.